The molecule has 3 aromatic heterocycles. The van der Waals surface area contributed by atoms with Crippen molar-refractivity contribution in [3.8, 4) is 17.2 Å². The molecule has 0 aliphatic carbocycles. The molecule has 1 unspecified atom stereocenters. The van der Waals surface area contributed by atoms with Gasteiger partial charge < -0.3 is 28.9 Å². The molecule has 31 heteroatoms. The highest BCUT2D eigenvalue weighted by molar-refractivity contribution is 7.92. The van der Waals surface area contributed by atoms with Crippen LogP contribution in [0, 0.1) is 17.5 Å². The molecular formula is C76H88F3N9O14S3Si2. The number of carbonyl (C=O) groups excluding carboxylic acids is 4. The monoisotopic (exact) mass is 1560 g/mol. The quantitative estimate of drug-likeness (QED) is 0.0362. The molecule has 0 fully saturated rings. The third-order valence-electron chi connectivity index (χ3n) is 20.2. The second-order valence-electron chi connectivity index (χ2n) is 29.1. The predicted octanol–water partition coefficient (Wildman–Crippen LogP) is 14.7. The van der Waals surface area contributed by atoms with Crippen LogP contribution in [0.5, 0.6) is 17.2 Å². The van der Waals surface area contributed by atoms with E-state index in [4.69, 9.17) is 8.85 Å². The number of anilines is 3. The molecule has 23 nitrogen and oxygen atoms in total. The number of sulfonamides is 3. The molecule has 4 amide bonds. The van der Waals surface area contributed by atoms with E-state index < -0.39 is 88.2 Å². The molecule has 0 radical (unpaired) electrons. The summed E-state index contributed by atoms with van der Waals surface area (Å²) < 4.78 is 135. The van der Waals surface area contributed by atoms with Crippen LogP contribution in [-0.2, 0) is 56.2 Å². The third kappa shape index (κ3) is 15.5. The van der Waals surface area contributed by atoms with Crippen LogP contribution in [0.3, 0.4) is 0 Å². The number of aliphatic hydroxyl groups is 1. The highest BCUT2D eigenvalue weighted by Crippen LogP contribution is 2.54. The van der Waals surface area contributed by atoms with Crippen LogP contribution in [-0.4, -0.2) is 131 Å². The van der Waals surface area contributed by atoms with Crippen molar-refractivity contribution in [2.45, 2.75) is 149 Å². The van der Waals surface area contributed by atoms with E-state index >= 15 is 0 Å². The number of rotatable bonds is 22. The van der Waals surface area contributed by atoms with Gasteiger partial charge in [-0.05, 0) is 123 Å². The van der Waals surface area contributed by atoms with Gasteiger partial charge in [0, 0.05) is 72.6 Å². The van der Waals surface area contributed by atoms with E-state index in [0.717, 1.165) is 28.0 Å². The summed E-state index contributed by atoms with van der Waals surface area (Å²) in [6.45, 7) is 25.6. The summed E-state index contributed by atoms with van der Waals surface area (Å²) in [5.74, 6) is -3.24. The van der Waals surface area contributed by atoms with Crippen molar-refractivity contribution < 1.29 is 76.7 Å². The first-order chi connectivity index (χ1) is 50.1. The highest BCUT2D eigenvalue weighted by Gasteiger charge is 2.53. The molecule has 0 saturated heterocycles. The van der Waals surface area contributed by atoms with Crippen LogP contribution >= 0.6 is 0 Å². The lowest BCUT2D eigenvalue weighted by Gasteiger charge is -2.42. The Balaban J connectivity index is 0.000000174. The average Bonchev–Trinajstić information content (AvgIpc) is 1.41. The zero-order chi connectivity index (χ0) is 78.6. The van der Waals surface area contributed by atoms with Crippen LogP contribution < -0.4 is 22.6 Å². The first-order valence-corrected chi connectivity index (χ1v) is 44.6. The van der Waals surface area contributed by atoms with Gasteiger partial charge in [0.05, 0.1) is 64.6 Å². The van der Waals surface area contributed by atoms with E-state index in [0.29, 0.717) is 55.1 Å². The van der Waals surface area contributed by atoms with Gasteiger partial charge in [-0.3, -0.25) is 52.8 Å². The fourth-order valence-corrected chi connectivity index (χ4v) is 27.8. The summed E-state index contributed by atoms with van der Waals surface area (Å²) in [6, 6.07) is 26.9. The number of phenolic OH excluding ortho intramolecular Hbond substituents is 1. The molecule has 568 valence electrons. The van der Waals surface area contributed by atoms with Crippen LogP contribution in [0.4, 0.5) is 30.2 Å². The van der Waals surface area contributed by atoms with Gasteiger partial charge in [0.2, 0.25) is 30.1 Å². The first-order valence-electron chi connectivity index (χ1n) is 34.7. The van der Waals surface area contributed by atoms with E-state index in [9.17, 15) is 67.8 Å². The fraction of sp³-hybridized carbons (Fsp3) is 0.355. The number of aliphatic hydroxyl groups excluding tert-OH is 1. The third-order valence-corrected chi connectivity index (χ3v) is 34.4. The van der Waals surface area contributed by atoms with Crippen molar-refractivity contribution in [3.05, 3.63) is 195 Å². The topological polar surface area (TPSA) is 305 Å². The molecule has 0 bridgehead atoms. The minimum Gasteiger partial charge on any atom is -0.541 e. The minimum atomic E-state index is -3.83. The van der Waals surface area contributed by atoms with Gasteiger partial charge in [0.1, 0.15) is 45.5 Å². The lowest BCUT2D eigenvalue weighted by atomic mass is 10.0. The summed E-state index contributed by atoms with van der Waals surface area (Å²) in [7, 11) is -15.1. The van der Waals surface area contributed by atoms with E-state index in [2.05, 4.69) is 107 Å². The summed E-state index contributed by atoms with van der Waals surface area (Å²) in [5.41, 5.74) is 4.72. The minimum absolute atomic E-state index is 0.00159. The number of hydrogen-bond acceptors (Lipinski definition) is 17. The standard InChI is InChI=1S/C28H36FN3O5SSi.C28H34FN3O5SSi.C20H18FN3O4S/c2*1-16(2)39(17(3)4,18(5)6)37-26-23-22(24(31-38(7,35)36)21-9-8-14-30-25(21)26)27(33)32(28(23)34)15-19-10-12-20(29)13-11-19;1-23(29(2,27)28)18-14-4-3-9-22-17(14)19(25)16-15(18)11-24(20(16)26)10-12-5-7-13(21)8-6-12/h8-14,16-18,27,31,33H,15H2,1-7H3;8-14,16-18,31H,15H2,1-7H3;3-9,25H,10-11H2,1-2H3. The van der Waals surface area contributed by atoms with Gasteiger partial charge in [0.15, 0.2) is 12.0 Å². The Morgan fingerprint density at radius 3 is 1.32 bits per heavy atom. The Morgan fingerprint density at radius 1 is 0.505 bits per heavy atom. The number of imide groups is 1. The maximum Gasteiger partial charge on any atom is 0.265 e. The Labute approximate surface area is 623 Å². The second-order valence-corrected chi connectivity index (χ2v) is 45.3. The lowest BCUT2D eigenvalue weighted by Crippen LogP contribution is -2.51. The number of fused-ring (bicyclic) bond motifs is 6. The van der Waals surface area contributed by atoms with Crippen molar-refractivity contribution in [2.75, 3.05) is 39.6 Å². The van der Waals surface area contributed by atoms with E-state index in [1.807, 2.05) is 0 Å². The van der Waals surface area contributed by atoms with E-state index in [1.54, 1.807) is 60.9 Å². The van der Waals surface area contributed by atoms with Gasteiger partial charge in [-0.25, -0.2) is 38.4 Å². The zero-order valence-electron chi connectivity index (χ0n) is 62.3. The van der Waals surface area contributed by atoms with Crippen molar-refractivity contribution in [1.82, 2.24) is 29.7 Å². The first kappa shape index (κ1) is 80.0. The molecule has 0 saturated carbocycles. The molecule has 9 aromatic rings. The van der Waals surface area contributed by atoms with Crippen molar-refractivity contribution >= 4 is 120 Å². The van der Waals surface area contributed by atoms with Crippen molar-refractivity contribution in [1.29, 1.82) is 0 Å². The van der Waals surface area contributed by atoms with Crippen LogP contribution in [0.1, 0.15) is 159 Å². The van der Waals surface area contributed by atoms with Gasteiger partial charge in [-0.15, -0.1) is 0 Å². The molecule has 6 heterocycles. The second kappa shape index (κ2) is 30.6. The van der Waals surface area contributed by atoms with Crippen LogP contribution in [0.25, 0.3) is 32.7 Å². The molecule has 1 atom stereocenters. The largest absolute Gasteiger partial charge is 0.541 e. The molecule has 3 aliphatic rings. The molecular weight excluding hydrogens is 1470 g/mol. The molecule has 6 aromatic carbocycles. The van der Waals surface area contributed by atoms with Crippen molar-refractivity contribution in [2.24, 2.45) is 0 Å². The summed E-state index contributed by atoms with van der Waals surface area (Å²) >= 11 is 0. The number of halogens is 3. The Kier molecular flexibility index (Phi) is 22.9. The number of benzene rings is 6. The SMILES string of the molecule is CC(C)[Si](Oc1c2c(c(NS(C)(=O)=O)c3cccnc13)C(=O)N(Cc1ccc(F)cc1)C2=O)(C(C)C)C(C)C.CC(C)[Si](Oc1c2c(c(NS(C)(=O)=O)c3cccnc13)C(O)N(Cc1ccc(F)cc1)C2=O)(C(C)C)C(C)C.CN(c1c2c(c(O)c3ncccc13)C(=O)N(Cc1ccc(F)cc1)C2)S(C)(=O)=O. The number of nitrogens with zero attached hydrogens (tertiary/aromatic N) is 7. The lowest BCUT2D eigenvalue weighted by molar-refractivity contribution is 0.0140. The number of nitrogens with one attached hydrogen (secondary N) is 2. The number of amides is 4. The molecule has 3 aliphatic heterocycles. The number of hydrogen-bond donors (Lipinski definition) is 4. The van der Waals surface area contributed by atoms with Gasteiger partial charge in [0.25, 0.3) is 40.3 Å². The summed E-state index contributed by atoms with van der Waals surface area (Å²) in [6.07, 6.45) is 6.18. The van der Waals surface area contributed by atoms with Gasteiger partial charge in [-0.1, -0.05) is 119 Å². The fourth-order valence-electron chi connectivity index (χ4n) is 15.5. The molecule has 4 N–H and O–H groups in total. The number of phenols is 1. The summed E-state index contributed by atoms with van der Waals surface area (Å²) in [4.78, 5) is 72.0. The van der Waals surface area contributed by atoms with E-state index in [1.165, 1.54) is 83.7 Å². The van der Waals surface area contributed by atoms with Crippen LogP contribution in [0.2, 0.25) is 33.2 Å². The highest BCUT2D eigenvalue weighted by atomic mass is 32.2. The summed E-state index contributed by atoms with van der Waals surface area (Å²) in [5, 5.41) is 23.5. The van der Waals surface area contributed by atoms with Crippen LogP contribution in [0.15, 0.2) is 128 Å². The molecule has 0 spiro atoms. The number of pyridine rings is 3. The van der Waals surface area contributed by atoms with Crippen molar-refractivity contribution in [3.63, 3.8) is 0 Å². The molecule has 12 rings (SSSR count). The average molecular weight is 1560 g/mol. The number of aromatic nitrogens is 3. The van der Waals surface area contributed by atoms with Gasteiger partial charge >= 0.3 is 0 Å². The predicted molar refractivity (Wildman–Crippen MR) is 412 cm³/mol. The van der Waals surface area contributed by atoms with Gasteiger partial charge in [-0.2, -0.15) is 0 Å². The number of carbonyl (C=O) groups is 4. The maximum absolute atomic E-state index is 14.1. The Hall–Kier alpha value is -9.54. The zero-order valence-corrected chi connectivity index (χ0v) is 66.7. The normalized spacial score (nSPS) is 14.7. The smallest absolute Gasteiger partial charge is 0.265 e. The van der Waals surface area contributed by atoms with E-state index in [-0.39, 0.29) is 127 Å². The maximum atomic E-state index is 14.1. The Morgan fingerprint density at radius 2 is 0.888 bits per heavy atom. The Bertz CT molecular complexity index is 5310. The number of aromatic hydroxyl groups is 1. The molecule has 107 heavy (non-hydrogen) atoms.